The summed E-state index contributed by atoms with van der Waals surface area (Å²) in [6.07, 6.45) is 5.98. The van der Waals surface area contributed by atoms with Crippen molar-refractivity contribution in [3.63, 3.8) is 0 Å². The molecule has 0 bridgehead atoms. The van der Waals surface area contributed by atoms with Gasteiger partial charge in [-0.1, -0.05) is 30.3 Å². The summed E-state index contributed by atoms with van der Waals surface area (Å²) in [6.45, 7) is 5.79. The molecule has 0 aliphatic carbocycles. The van der Waals surface area contributed by atoms with E-state index in [9.17, 15) is 4.79 Å². The molecule has 1 N–H and O–H groups in total. The van der Waals surface area contributed by atoms with Crippen molar-refractivity contribution < 1.29 is 4.79 Å². The van der Waals surface area contributed by atoms with Gasteiger partial charge in [-0.2, -0.15) is 0 Å². The average molecular weight is 436 g/mol. The molecule has 5 rings (SSSR count). The number of benzene rings is 1. The molecule has 2 aromatic heterocycles. The van der Waals surface area contributed by atoms with Gasteiger partial charge in [0.1, 0.15) is 17.0 Å². The fourth-order valence-electron chi connectivity index (χ4n) is 4.77. The quantitative estimate of drug-likeness (QED) is 0.638. The van der Waals surface area contributed by atoms with Crippen LogP contribution in [-0.4, -0.2) is 60.0 Å². The highest BCUT2D eigenvalue weighted by molar-refractivity contribution is 7.17. The minimum atomic E-state index is 0.100. The molecule has 6 nitrogen and oxygen atoms in total. The maximum Gasteiger partial charge on any atom is 0.223 e. The van der Waals surface area contributed by atoms with Crippen LogP contribution in [0.15, 0.2) is 42.0 Å². The molecular formula is C24H29N5OS. The summed E-state index contributed by atoms with van der Waals surface area (Å²) in [4.78, 5) is 27.6. The van der Waals surface area contributed by atoms with E-state index in [1.54, 1.807) is 17.7 Å². The number of hydrogen-bond acceptors (Lipinski definition) is 6. The Labute approximate surface area is 187 Å². The number of nitrogens with zero attached hydrogens (tertiary/aromatic N) is 4. The summed E-state index contributed by atoms with van der Waals surface area (Å²) >= 11 is 1.67. The number of likely N-dealkylation sites (tertiary alicyclic amines) is 1. The van der Waals surface area contributed by atoms with Crippen molar-refractivity contribution in [2.75, 3.05) is 44.2 Å². The number of amides is 1. The second-order valence-corrected chi connectivity index (χ2v) is 9.35. The standard InChI is InChI=1S/C24H29N5OS/c30-23(25-10-15-28-11-4-5-12-28)19-8-13-29(14-9-19)22-21-20(18-6-2-1-3-7-18)16-31-24(21)27-17-26-22/h1-3,6-7,16-17,19H,4-5,8-15H2,(H,25,30). The van der Waals surface area contributed by atoms with Crippen LogP contribution in [0.1, 0.15) is 25.7 Å². The van der Waals surface area contributed by atoms with Crippen LogP contribution in [-0.2, 0) is 4.79 Å². The lowest BCUT2D eigenvalue weighted by atomic mass is 9.95. The number of carbonyl (C=O) groups is 1. The maximum atomic E-state index is 12.7. The molecule has 0 unspecified atom stereocenters. The average Bonchev–Trinajstić information content (AvgIpc) is 3.50. The van der Waals surface area contributed by atoms with Crippen molar-refractivity contribution in [1.82, 2.24) is 20.2 Å². The molecule has 4 heterocycles. The zero-order valence-corrected chi connectivity index (χ0v) is 18.6. The third-order valence-electron chi connectivity index (χ3n) is 6.53. The van der Waals surface area contributed by atoms with Gasteiger partial charge < -0.3 is 15.1 Å². The number of carbonyl (C=O) groups excluding carboxylic acids is 1. The minimum Gasteiger partial charge on any atom is -0.356 e. The Bertz CT molecular complexity index is 1020. The number of anilines is 1. The molecule has 31 heavy (non-hydrogen) atoms. The van der Waals surface area contributed by atoms with E-state index in [1.165, 1.54) is 37.1 Å². The molecule has 0 radical (unpaired) electrons. The number of aromatic nitrogens is 2. The normalized spacial score (nSPS) is 18.0. The van der Waals surface area contributed by atoms with E-state index < -0.39 is 0 Å². The van der Waals surface area contributed by atoms with Crippen molar-refractivity contribution >= 4 is 33.3 Å². The first-order valence-electron chi connectivity index (χ1n) is 11.3. The van der Waals surface area contributed by atoms with Crippen LogP contribution >= 0.6 is 11.3 Å². The van der Waals surface area contributed by atoms with Crippen molar-refractivity contribution in [2.45, 2.75) is 25.7 Å². The maximum absolute atomic E-state index is 12.7. The van der Waals surface area contributed by atoms with Gasteiger partial charge in [0.05, 0.1) is 5.39 Å². The van der Waals surface area contributed by atoms with E-state index in [2.05, 4.69) is 54.7 Å². The van der Waals surface area contributed by atoms with Gasteiger partial charge in [-0.05, 0) is 44.3 Å². The van der Waals surface area contributed by atoms with Crippen LogP contribution in [0.2, 0.25) is 0 Å². The van der Waals surface area contributed by atoms with Crippen LogP contribution in [0.5, 0.6) is 0 Å². The fourth-order valence-corrected chi connectivity index (χ4v) is 5.68. The molecule has 2 fully saturated rings. The van der Waals surface area contributed by atoms with Crippen LogP contribution in [0.25, 0.3) is 21.3 Å². The zero-order chi connectivity index (χ0) is 21.0. The molecule has 2 aliphatic rings. The highest BCUT2D eigenvalue weighted by atomic mass is 32.1. The lowest BCUT2D eigenvalue weighted by Gasteiger charge is -2.32. The molecule has 1 aromatic carbocycles. The molecule has 1 amide bonds. The Kier molecular flexibility index (Phi) is 6.13. The Morgan fingerprint density at radius 3 is 2.61 bits per heavy atom. The second-order valence-electron chi connectivity index (χ2n) is 8.49. The summed E-state index contributed by atoms with van der Waals surface area (Å²) in [7, 11) is 0. The Hall–Kier alpha value is -2.51. The predicted octanol–water partition coefficient (Wildman–Crippen LogP) is 3.79. The molecular weight excluding hydrogens is 406 g/mol. The number of thiophene rings is 1. The largest absolute Gasteiger partial charge is 0.356 e. The number of rotatable bonds is 6. The molecule has 7 heteroatoms. The minimum absolute atomic E-state index is 0.100. The topological polar surface area (TPSA) is 61.4 Å². The molecule has 2 aliphatic heterocycles. The van der Waals surface area contributed by atoms with Gasteiger partial charge in [-0.25, -0.2) is 9.97 Å². The van der Waals surface area contributed by atoms with E-state index in [0.29, 0.717) is 0 Å². The summed E-state index contributed by atoms with van der Waals surface area (Å²) in [5, 5.41) is 6.48. The molecule has 0 atom stereocenters. The van der Waals surface area contributed by atoms with Crippen LogP contribution in [0, 0.1) is 5.92 Å². The molecule has 0 saturated carbocycles. The smallest absolute Gasteiger partial charge is 0.223 e. The monoisotopic (exact) mass is 435 g/mol. The summed E-state index contributed by atoms with van der Waals surface area (Å²) in [5.74, 6) is 1.31. The van der Waals surface area contributed by atoms with Gasteiger partial charge in [0.2, 0.25) is 5.91 Å². The van der Waals surface area contributed by atoms with Crippen LogP contribution in [0.4, 0.5) is 5.82 Å². The van der Waals surface area contributed by atoms with Gasteiger partial charge in [-0.3, -0.25) is 4.79 Å². The first-order chi connectivity index (χ1) is 15.3. The highest BCUT2D eigenvalue weighted by Gasteiger charge is 2.27. The van der Waals surface area contributed by atoms with E-state index in [1.807, 2.05) is 6.07 Å². The van der Waals surface area contributed by atoms with Crippen molar-refractivity contribution in [3.05, 3.63) is 42.0 Å². The first kappa shape index (κ1) is 20.4. The van der Waals surface area contributed by atoms with Gasteiger partial charge in [0, 0.05) is 43.0 Å². The SMILES string of the molecule is O=C(NCCN1CCCC1)C1CCN(c2ncnc3scc(-c4ccccc4)c23)CC1. The van der Waals surface area contributed by atoms with Crippen molar-refractivity contribution in [3.8, 4) is 11.1 Å². The third-order valence-corrected chi connectivity index (χ3v) is 7.41. The number of hydrogen-bond donors (Lipinski definition) is 1. The first-order valence-corrected chi connectivity index (χ1v) is 12.2. The lowest BCUT2D eigenvalue weighted by molar-refractivity contribution is -0.125. The number of piperidine rings is 1. The highest BCUT2D eigenvalue weighted by Crippen LogP contribution is 2.38. The van der Waals surface area contributed by atoms with Gasteiger partial charge in [0.15, 0.2) is 0 Å². The van der Waals surface area contributed by atoms with Crippen LogP contribution < -0.4 is 10.2 Å². The van der Waals surface area contributed by atoms with Gasteiger partial charge in [0.25, 0.3) is 0 Å². The second kappa shape index (κ2) is 9.32. The molecule has 0 spiro atoms. The predicted molar refractivity (Wildman–Crippen MR) is 126 cm³/mol. The fraction of sp³-hybridized carbons (Fsp3) is 0.458. The van der Waals surface area contributed by atoms with E-state index in [-0.39, 0.29) is 11.8 Å². The van der Waals surface area contributed by atoms with Crippen LogP contribution in [0.3, 0.4) is 0 Å². The summed E-state index contributed by atoms with van der Waals surface area (Å²) in [6, 6.07) is 10.4. The Morgan fingerprint density at radius 1 is 1.06 bits per heavy atom. The third kappa shape index (κ3) is 4.43. The Morgan fingerprint density at radius 2 is 1.84 bits per heavy atom. The number of fused-ring (bicyclic) bond motifs is 1. The van der Waals surface area contributed by atoms with E-state index in [0.717, 1.165) is 55.1 Å². The van der Waals surface area contributed by atoms with Crippen molar-refractivity contribution in [1.29, 1.82) is 0 Å². The number of nitrogens with one attached hydrogen (secondary N) is 1. The van der Waals surface area contributed by atoms with Gasteiger partial charge in [-0.15, -0.1) is 11.3 Å². The Balaban J connectivity index is 1.24. The zero-order valence-electron chi connectivity index (χ0n) is 17.8. The van der Waals surface area contributed by atoms with E-state index in [4.69, 9.17) is 0 Å². The van der Waals surface area contributed by atoms with E-state index >= 15 is 0 Å². The summed E-state index contributed by atoms with van der Waals surface area (Å²) < 4.78 is 0. The lowest BCUT2D eigenvalue weighted by Crippen LogP contribution is -2.42. The molecule has 3 aromatic rings. The summed E-state index contributed by atoms with van der Waals surface area (Å²) in [5.41, 5.74) is 2.38. The molecule has 2 saturated heterocycles. The molecule has 162 valence electrons. The van der Waals surface area contributed by atoms with Crippen molar-refractivity contribution in [2.24, 2.45) is 5.92 Å². The van der Waals surface area contributed by atoms with Gasteiger partial charge >= 0.3 is 0 Å².